The summed E-state index contributed by atoms with van der Waals surface area (Å²) in [5.41, 5.74) is 10.5. The monoisotopic (exact) mass is 294 g/mol. The molecule has 1 aromatic carbocycles. The van der Waals surface area contributed by atoms with Crippen molar-refractivity contribution in [3.8, 4) is 0 Å². The molecule has 0 saturated heterocycles. The molecule has 0 radical (unpaired) electrons. The summed E-state index contributed by atoms with van der Waals surface area (Å²) >= 11 is 0. The molecule has 0 aliphatic heterocycles. The highest BCUT2D eigenvalue weighted by atomic mass is 14.8. The molecule has 1 aromatic heterocycles. The van der Waals surface area contributed by atoms with Crippen molar-refractivity contribution in [2.45, 2.75) is 38.6 Å². The molecule has 22 heavy (non-hydrogen) atoms. The Bertz CT molecular complexity index is 711. The van der Waals surface area contributed by atoms with Crippen LogP contribution in [0.4, 0.5) is 0 Å². The van der Waals surface area contributed by atoms with Gasteiger partial charge in [0.15, 0.2) is 0 Å². The van der Waals surface area contributed by atoms with Gasteiger partial charge in [-0.3, -0.25) is 0 Å². The molecule has 3 N–H and O–H groups in total. The van der Waals surface area contributed by atoms with Gasteiger partial charge in [-0.25, -0.2) is 0 Å². The van der Waals surface area contributed by atoms with E-state index in [0.29, 0.717) is 5.92 Å². The molecule has 2 nitrogen and oxygen atoms in total. The Labute approximate surface area is 133 Å². The number of aromatic amines is 1. The van der Waals surface area contributed by atoms with Gasteiger partial charge < -0.3 is 10.7 Å². The molecule has 0 amide bonds. The van der Waals surface area contributed by atoms with E-state index in [2.05, 4.69) is 62.5 Å². The second-order valence-corrected chi connectivity index (χ2v) is 7.04. The molecule has 1 heterocycles. The summed E-state index contributed by atoms with van der Waals surface area (Å²) in [7, 11) is 0. The third kappa shape index (κ3) is 2.22. The van der Waals surface area contributed by atoms with E-state index >= 15 is 0 Å². The summed E-state index contributed by atoms with van der Waals surface area (Å²) in [6, 6.07) is 8.52. The minimum atomic E-state index is -0.0189. The topological polar surface area (TPSA) is 41.8 Å². The number of hydrogen-bond acceptors (Lipinski definition) is 1. The largest absolute Gasteiger partial charge is 0.361 e. The van der Waals surface area contributed by atoms with Gasteiger partial charge in [0.1, 0.15) is 0 Å². The van der Waals surface area contributed by atoms with Crippen LogP contribution in [0.5, 0.6) is 0 Å². The molecule has 1 saturated carbocycles. The molecule has 1 aliphatic rings. The number of nitrogens with two attached hydrogens (primary N) is 1. The lowest BCUT2D eigenvalue weighted by molar-refractivity contribution is 0.171. The summed E-state index contributed by atoms with van der Waals surface area (Å²) in [5.74, 6) is 0.715. The lowest BCUT2D eigenvalue weighted by Crippen LogP contribution is -2.49. The fraction of sp³-hybridized carbons (Fsp3) is 0.400. The molecule has 116 valence electrons. The smallest absolute Gasteiger partial charge is 0.0456 e. The van der Waals surface area contributed by atoms with E-state index in [0.717, 1.165) is 12.8 Å². The fourth-order valence-electron chi connectivity index (χ4n) is 4.04. The molecule has 1 fully saturated rings. The molecule has 2 heteroatoms. The Balaban J connectivity index is 2.13. The highest BCUT2D eigenvalue weighted by Crippen LogP contribution is 2.50. The summed E-state index contributed by atoms with van der Waals surface area (Å²) in [6.45, 7) is 12.7. The van der Waals surface area contributed by atoms with Gasteiger partial charge in [0, 0.05) is 34.5 Å². The summed E-state index contributed by atoms with van der Waals surface area (Å²) < 4.78 is 0. The van der Waals surface area contributed by atoms with Gasteiger partial charge in [0.25, 0.3) is 0 Å². The first kappa shape index (κ1) is 15.1. The van der Waals surface area contributed by atoms with Crippen LogP contribution >= 0.6 is 0 Å². The maximum atomic E-state index is 6.75. The minimum Gasteiger partial charge on any atom is -0.361 e. The molecule has 1 aliphatic carbocycles. The van der Waals surface area contributed by atoms with Crippen molar-refractivity contribution in [2.24, 2.45) is 17.1 Å². The van der Waals surface area contributed by atoms with Crippen LogP contribution in [-0.4, -0.2) is 11.0 Å². The predicted octanol–water partition coefficient (Wildman–Crippen LogP) is 4.76. The average molecular weight is 294 g/mol. The molecular formula is C20H26N2. The quantitative estimate of drug-likeness (QED) is 0.788. The van der Waals surface area contributed by atoms with Crippen LogP contribution in [0.2, 0.25) is 0 Å². The van der Waals surface area contributed by atoms with Gasteiger partial charge in [-0.1, -0.05) is 43.4 Å². The first-order valence-corrected chi connectivity index (χ1v) is 8.08. The molecule has 0 unspecified atom stereocenters. The van der Waals surface area contributed by atoms with Gasteiger partial charge >= 0.3 is 0 Å². The standard InChI is InChI=1S/C20H26N2/c1-5-20(4)11-10-14(13(2)3)18(19(20)21)16-12-22-17-9-7-6-8-15(16)17/h5-9,12,14,18-19,22H,1-2,10-11,21H2,3-4H3/t14-,18+,19+,20-/m0/s1. The molecule has 2 aromatic rings. The number of fused-ring (bicyclic) bond motifs is 1. The van der Waals surface area contributed by atoms with Crippen molar-refractivity contribution in [1.82, 2.24) is 4.98 Å². The van der Waals surface area contributed by atoms with Crippen LogP contribution in [0.15, 0.2) is 55.3 Å². The minimum absolute atomic E-state index is 0.0189. The summed E-state index contributed by atoms with van der Waals surface area (Å²) in [4.78, 5) is 3.40. The Morgan fingerprint density at radius 3 is 2.82 bits per heavy atom. The number of nitrogens with one attached hydrogen (secondary N) is 1. The van der Waals surface area contributed by atoms with E-state index in [4.69, 9.17) is 5.73 Å². The SMILES string of the molecule is C=C[C@@]1(C)CC[C@@H](C(=C)C)[C@H](c2c[nH]c3ccccc23)[C@H]1N. The maximum Gasteiger partial charge on any atom is 0.0456 e. The summed E-state index contributed by atoms with van der Waals surface area (Å²) in [5, 5.41) is 1.28. The zero-order chi connectivity index (χ0) is 15.9. The zero-order valence-electron chi connectivity index (χ0n) is 13.6. The van der Waals surface area contributed by atoms with Gasteiger partial charge in [-0.05, 0) is 37.3 Å². The lowest BCUT2D eigenvalue weighted by atomic mass is 9.60. The van der Waals surface area contributed by atoms with Crippen molar-refractivity contribution in [1.29, 1.82) is 0 Å². The first-order chi connectivity index (χ1) is 10.5. The van der Waals surface area contributed by atoms with Gasteiger partial charge in [0.05, 0.1) is 0 Å². The molecule has 4 atom stereocenters. The van der Waals surface area contributed by atoms with Gasteiger partial charge in [-0.15, -0.1) is 6.58 Å². The van der Waals surface area contributed by atoms with Crippen LogP contribution in [0, 0.1) is 11.3 Å². The van der Waals surface area contributed by atoms with E-state index in [1.807, 2.05) is 6.08 Å². The highest BCUT2D eigenvalue weighted by Gasteiger charge is 2.44. The maximum absolute atomic E-state index is 6.75. The second kappa shape index (κ2) is 5.44. The number of benzene rings is 1. The van der Waals surface area contributed by atoms with E-state index in [1.165, 1.54) is 22.0 Å². The van der Waals surface area contributed by atoms with Crippen molar-refractivity contribution in [2.75, 3.05) is 0 Å². The Hall–Kier alpha value is -1.80. The van der Waals surface area contributed by atoms with E-state index in [1.54, 1.807) is 0 Å². The third-order valence-corrected chi connectivity index (χ3v) is 5.66. The molecule has 0 bridgehead atoms. The van der Waals surface area contributed by atoms with Crippen molar-refractivity contribution in [3.63, 3.8) is 0 Å². The number of aromatic nitrogens is 1. The normalized spacial score (nSPS) is 32.0. The number of hydrogen-bond donors (Lipinski definition) is 2. The highest BCUT2D eigenvalue weighted by molar-refractivity contribution is 5.83. The van der Waals surface area contributed by atoms with Crippen LogP contribution in [-0.2, 0) is 0 Å². The van der Waals surface area contributed by atoms with Crippen LogP contribution in [0.3, 0.4) is 0 Å². The number of allylic oxidation sites excluding steroid dienone is 1. The Morgan fingerprint density at radius 1 is 1.41 bits per heavy atom. The van der Waals surface area contributed by atoms with E-state index < -0.39 is 0 Å². The number of H-pyrrole nitrogens is 1. The van der Waals surface area contributed by atoms with Gasteiger partial charge in [-0.2, -0.15) is 0 Å². The zero-order valence-corrected chi connectivity index (χ0v) is 13.6. The van der Waals surface area contributed by atoms with Crippen molar-refractivity contribution >= 4 is 10.9 Å². The summed E-state index contributed by atoms with van der Waals surface area (Å²) in [6.07, 6.45) is 6.39. The van der Waals surface area contributed by atoms with Crippen LogP contribution < -0.4 is 5.73 Å². The van der Waals surface area contributed by atoms with E-state index in [-0.39, 0.29) is 17.4 Å². The van der Waals surface area contributed by atoms with Crippen LogP contribution in [0.25, 0.3) is 10.9 Å². The Kier molecular flexibility index (Phi) is 3.73. The van der Waals surface area contributed by atoms with Gasteiger partial charge in [0.2, 0.25) is 0 Å². The number of para-hydroxylation sites is 1. The van der Waals surface area contributed by atoms with Crippen molar-refractivity contribution < 1.29 is 0 Å². The molecule has 3 rings (SSSR count). The Morgan fingerprint density at radius 2 is 2.14 bits per heavy atom. The third-order valence-electron chi connectivity index (χ3n) is 5.66. The fourth-order valence-corrected chi connectivity index (χ4v) is 4.04. The molecule has 0 spiro atoms. The lowest BCUT2D eigenvalue weighted by Gasteiger charge is -2.47. The molecular weight excluding hydrogens is 268 g/mol. The average Bonchev–Trinajstić information content (AvgIpc) is 2.93. The van der Waals surface area contributed by atoms with Crippen LogP contribution in [0.1, 0.15) is 38.2 Å². The van der Waals surface area contributed by atoms with E-state index in [9.17, 15) is 0 Å². The predicted molar refractivity (Wildman–Crippen MR) is 94.9 cm³/mol. The number of rotatable bonds is 3. The second-order valence-electron chi connectivity index (χ2n) is 7.04. The first-order valence-electron chi connectivity index (χ1n) is 8.08. The van der Waals surface area contributed by atoms with Crippen molar-refractivity contribution in [3.05, 3.63) is 60.8 Å².